The maximum atomic E-state index is 12.3. The summed E-state index contributed by atoms with van der Waals surface area (Å²) in [6.07, 6.45) is 6.53. The van der Waals surface area contributed by atoms with Gasteiger partial charge < -0.3 is 15.3 Å². The van der Waals surface area contributed by atoms with Crippen molar-refractivity contribution < 1.29 is 14.7 Å². The number of amides is 2. The third kappa shape index (κ3) is 3.78. The lowest BCUT2D eigenvalue weighted by Crippen LogP contribution is -2.36. The van der Waals surface area contributed by atoms with Crippen LogP contribution in [0.5, 0.6) is 0 Å². The molecule has 1 fully saturated rings. The van der Waals surface area contributed by atoms with E-state index in [1.54, 1.807) is 11.8 Å². The third-order valence-corrected chi connectivity index (χ3v) is 5.14. The largest absolute Gasteiger partial charge is 0.389 e. The minimum atomic E-state index is -0.845. The lowest BCUT2D eigenvalue weighted by atomic mass is 9.82. The van der Waals surface area contributed by atoms with Gasteiger partial charge in [-0.1, -0.05) is 19.3 Å². The Hall–Kier alpha value is -1.88. The fourth-order valence-electron chi connectivity index (χ4n) is 3.89. The molecule has 5 heteroatoms. The molecule has 2 aliphatic rings. The van der Waals surface area contributed by atoms with Crippen LogP contribution in [0.15, 0.2) is 18.2 Å². The van der Waals surface area contributed by atoms with Gasteiger partial charge in [-0.05, 0) is 49.4 Å². The van der Waals surface area contributed by atoms with Gasteiger partial charge >= 0.3 is 0 Å². The predicted octanol–water partition coefficient (Wildman–Crippen LogP) is 3.01. The molecule has 1 heterocycles. The van der Waals surface area contributed by atoms with Crippen molar-refractivity contribution in [2.24, 2.45) is 0 Å². The Labute approximate surface area is 143 Å². The Morgan fingerprint density at radius 3 is 2.67 bits per heavy atom. The molecule has 0 unspecified atom stereocenters. The number of anilines is 2. The summed E-state index contributed by atoms with van der Waals surface area (Å²) in [7, 11) is 0. The van der Waals surface area contributed by atoms with E-state index in [0.717, 1.165) is 55.6 Å². The summed E-state index contributed by atoms with van der Waals surface area (Å²) in [6, 6.07) is 5.69. The maximum Gasteiger partial charge on any atom is 0.227 e. The van der Waals surface area contributed by atoms with Crippen molar-refractivity contribution in [1.29, 1.82) is 0 Å². The Morgan fingerprint density at radius 2 is 1.96 bits per heavy atom. The highest BCUT2D eigenvalue weighted by Gasteiger charge is 2.31. The van der Waals surface area contributed by atoms with Gasteiger partial charge in [-0.2, -0.15) is 0 Å². The number of carbonyl (C=O) groups is 2. The van der Waals surface area contributed by atoms with Crippen LogP contribution in [0.2, 0.25) is 0 Å². The molecular weight excluding hydrogens is 304 g/mol. The van der Waals surface area contributed by atoms with E-state index in [1.165, 1.54) is 0 Å². The summed E-state index contributed by atoms with van der Waals surface area (Å²) in [4.78, 5) is 25.8. The molecule has 1 aliphatic heterocycles. The lowest BCUT2D eigenvalue weighted by Gasteiger charge is -2.31. The summed E-state index contributed by atoms with van der Waals surface area (Å²) in [5.41, 5.74) is 1.92. The predicted molar refractivity (Wildman–Crippen MR) is 94.1 cm³/mol. The standard InChI is InChI=1S/C19H26N2O3/c1-14(22)21-11-5-6-15-12-16(7-8-17(15)21)20-18(23)13-19(24)9-3-2-4-10-19/h7-8,12,24H,2-6,9-11,13H2,1H3,(H,20,23). The molecule has 0 aromatic heterocycles. The Bertz CT molecular complexity index is 635. The second-order valence-corrected chi connectivity index (χ2v) is 7.13. The van der Waals surface area contributed by atoms with Crippen molar-refractivity contribution in [2.45, 2.75) is 63.9 Å². The van der Waals surface area contributed by atoms with Crippen LogP contribution in [0.4, 0.5) is 11.4 Å². The molecule has 0 spiro atoms. The first kappa shape index (κ1) is 17.0. The number of aliphatic hydroxyl groups is 1. The van der Waals surface area contributed by atoms with Crippen LogP contribution in [0.3, 0.4) is 0 Å². The highest BCUT2D eigenvalue weighted by molar-refractivity contribution is 5.95. The SMILES string of the molecule is CC(=O)N1CCCc2cc(NC(=O)CC3(O)CCCCC3)ccc21. The van der Waals surface area contributed by atoms with Crippen molar-refractivity contribution in [3.05, 3.63) is 23.8 Å². The number of hydrogen-bond acceptors (Lipinski definition) is 3. The minimum absolute atomic E-state index is 0.0484. The normalized spacial score (nSPS) is 19.5. The lowest BCUT2D eigenvalue weighted by molar-refractivity contribution is -0.122. The fourth-order valence-corrected chi connectivity index (χ4v) is 3.89. The molecule has 3 rings (SSSR count). The van der Waals surface area contributed by atoms with E-state index in [-0.39, 0.29) is 18.2 Å². The molecule has 130 valence electrons. The van der Waals surface area contributed by atoms with E-state index in [2.05, 4.69) is 5.32 Å². The summed E-state index contributed by atoms with van der Waals surface area (Å²) >= 11 is 0. The van der Waals surface area contributed by atoms with Crippen LogP contribution in [-0.4, -0.2) is 29.1 Å². The quantitative estimate of drug-likeness (QED) is 0.895. The Balaban J connectivity index is 1.67. The fraction of sp³-hybridized carbons (Fsp3) is 0.579. The average Bonchev–Trinajstić information content (AvgIpc) is 2.54. The molecule has 24 heavy (non-hydrogen) atoms. The molecule has 0 saturated heterocycles. The van der Waals surface area contributed by atoms with Crippen molar-refractivity contribution in [2.75, 3.05) is 16.8 Å². The monoisotopic (exact) mass is 330 g/mol. The molecule has 0 radical (unpaired) electrons. The number of nitrogens with zero attached hydrogens (tertiary/aromatic N) is 1. The summed E-state index contributed by atoms with van der Waals surface area (Å²) in [6.45, 7) is 2.33. The van der Waals surface area contributed by atoms with Crippen molar-refractivity contribution in [3.8, 4) is 0 Å². The van der Waals surface area contributed by atoms with Gasteiger partial charge in [0.2, 0.25) is 11.8 Å². The number of aryl methyl sites for hydroxylation is 1. The molecule has 1 aliphatic carbocycles. The third-order valence-electron chi connectivity index (χ3n) is 5.14. The zero-order valence-electron chi connectivity index (χ0n) is 14.3. The number of nitrogens with one attached hydrogen (secondary N) is 1. The number of benzene rings is 1. The summed E-state index contributed by atoms with van der Waals surface area (Å²) < 4.78 is 0. The van der Waals surface area contributed by atoms with E-state index >= 15 is 0 Å². The van der Waals surface area contributed by atoms with Crippen LogP contribution in [-0.2, 0) is 16.0 Å². The van der Waals surface area contributed by atoms with E-state index in [9.17, 15) is 14.7 Å². The first-order valence-corrected chi connectivity index (χ1v) is 8.90. The van der Waals surface area contributed by atoms with Gasteiger partial charge in [0.05, 0.1) is 12.0 Å². The van der Waals surface area contributed by atoms with Gasteiger partial charge in [-0.25, -0.2) is 0 Å². The van der Waals surface area contributed by atoms with Gasteiger partial charge in [0, 0.05) is 24.8 Å². The first-order chi connectivity index (χ1) is 11.5. The van der Waals surface area contributed by atoms with Crippen molar-refractivity contribution in [3.63, 3.8) is 0 Å². The molecule has 1 aromatic carbocycles. The van der Waals surface area contributed by atoms with E-state index < -0.39 is 5.60 Å². The van der Waals surface area contributed by atoms with Crippen LogP contribution < -0.4 is 10.2 Å². The second kappa shape index (κ2) is 6.93. The molecule has 5 nitrogen and oxygen atoms in total. The highest BCUT2D eigenvalue weighted by atomic mass is 16.3. The van der Waals surface area contributed by atoms with Gasteiger partial charge in [0.15, 0.2) is 0 Å². The molecule has 1 aromatic rings. The topological polar surface area (TPSA) is 69.6 Å². The number of hydrogen-bond donors (Lipinski definition) is 2. The summed E-state index contributed by atoms with van der Waals surface area (Å²) in [5.74, 6) is -0.0918. The van der Waals surface area contributed by atoms with Crippen molar-refractivity contribution >= 4 is 23.2 Å². The second-order valence-electron chi connectivity index (χ2n) is 7.13. The van der Waals surface area contributed by atoms with Crippen LogP contribution in [0.1, 0.15) is 57.4 Å². The van der Waals surface area contributed by atoms with Crippen LogP contribution >= 0.6 is 0 Å². The van der Waals surface area contributed by atoms with E-state index in [1.807, 2.05) is 18.2 Å². The zero-order chi connectivity index (χ0) is 17.2. The van der Waals surface area contributed by atoms with Gasteiger partial charge in [0.25, 0.3) is 0 Å². The van der Waals surface area contributed by atoms with Gasteiger partial charge in [0.1, 0.15) is 0 Å². The van der Waals surface area contributed by atoms with Gasteiger partial charge in [-0.3, -0.25) is 9.59 Å². The molecule has 1 saturated carbocycles. The van der Waals surface area contributed by atoms with E-state index in [4.69, 9.17) is 0 Å². The summed E-state index contributed by atoms with van der Waals surface area (Å²) in [5, 5.41) is 13.4. The smallest absolute Gasteiger partial charge is 0.227 e. The highest BCUT2D eigenvalue weighted by Crippen LogP contribution is 2.32. The molecular formula is C19H26N2O3. The van der Waals surface area contributed by atoms with Crippen LogP contribution in [0, 0.1) is 0 Å². The first-order valence-electron chi connectivity index (χ1n) is 8.90. The van der Waals surface area contributed by atoms with Gasteiger partial charge in [-0.15, -0.1) is 0 Å². The number of fused-ring (bicyclic) bond motifs is 1. The average molecular weight is 330 g/mol. The molecule has 2 N–H and O–H groups in total. The number of rotatable bonds is 3. The number of carbonyl (C=O) groups excluding carboxylic acids is 2. The van der Waals surface area contributed by atoms with E-state index in [0.29, 0.717) is 12.8 Å². The maximum absolute atomic E-state index is 12.3. The molecule has 0 atom stereocenters. The molecule has 0 bridgehead atoms. The Kier molecular flexibility index (Phi) is 4.90. The van der Waals surface area contributed by atoms with Crippen LogP contribution in [0.25, 0.3) is 0 Å². The molecule has 2 amide bonds. The minimum Gasteiger partial charge on any atom is -0.389 e. The Morgan fingerprint density at radius 1 is 1.21 bits per heavy atom. The van der Waals surface area contributed by atoms with Crippen molar-refractivity contribution in [1.82, 2.24) is 0 Å². The zero-order valence-corrected chi connectivity index (χ0v) is 14.3.